The topological polar surface area (TPSA) is 91.7 Å². The number of nitrogen functional groups attached to an aromatic ring is 1. The van der Waals surface area contributed by atoms with Gasteiger partial charge in [-0.25, -0.2) is 0 Å². The summed E-state index contributed by atoms with van der Waals surface area (Å²) < 4.78 is 0. The maximum Gasteiger partial charge on any atom is 0.272 e. The lowest BCUT2D eigenvalue weighted by Gasteiger charge is -1.98. The van der Waals surface area contributed by atoms with Crippen molar-refractivity contribution < 1.29 is 0 Å². The maximum atomic E-state index is 12.2. The fourth-order valence-corrected chi connectivity index (χ4v) is 2.21. The zero-order valence-corrected chi connectivity index (χ0v) is 12.2. The first kappa shape index (κ1) is 14.6. The van der Waals surface area contributed by atoms with Gasteiger partial charge >= 0.3 is 0 Å². The van der Waals surface area contributed by atoms with E-state index in [0.29, 0.717) is 11.3 Å². The zero-order chi connectivity index (χ0) is 16.2. The van der Waals surface area contributed by atoms with E-state index < -0.39 is 0 Å². The van der Waals surface area contributed by atoms with Crippen molar-refractivity contribution in [3.8, 4) is 0 Å². The van der Waals surface area contributed by atoms with E-state index in [9.17, 15) is 9.59 Å². The van der Waals surface area contributed by atoms with Crippen molar-refractivity contribution >= 4 is 17.8 Å². The fourth-order valence-electron chi connectivity index (χ4n) is 2.21. The molecule has 5 heteroatoms. The number of hydrogen-bond donors (Lipinski definition) is 3. The van der Waals surface area contributed by atoms with Crippen LogP contribution >= 0.6 is 0 Å². The van der Waals surface area contributed by atoms with E-state index >= 15 is 0 Å². The number of rotatable bonds is 2. The van der Waals surface area contributed by atoms with Crippen LogP contribution in [0, 0.1) is 0 Å². The third-order valence-corrected chi connectivity index (χ3v) is 3.39. The Balaban J connectivity index is 2.16. The third kappa shape index (κ3) is 3.29. The van der Waals surface area contributed by atoms with Crippen LogP contribution in [0.2, 0.25) is 0 Å². The molecule has 0 spiro atoms. The van der Waals surface area contributed by atoms with Crippen molar-refractivity contribution in [1.82, 2.24) is 9.97 Å². The molecule has 3 rings (SSSR count). The van der Waals surface area contributed by atoms with Crippen LogP contribution in [0.3, 0.4) is 0 Å². The van der Waals surface area contributed by atoms with E-state index in [4.69, 9.17) is 5.73 Å². The summed E-state index contributed by atoms with van der Waals surface area (Å²) in [5.74, 6) is 0. The molecule has 0 amide bonds. The Morgan fingerprint density at radius 1 is 0.739 bits per heavy atom. The Morgan fingerprint density at radius 2 is 1.30 bits per heavy atom. The Bertz CT molecular complexity index is 1060. The highest BCUT2D eigenvalue weighted by atomic mass is 16.1. The van der Waals surface area contributed by atoms with Crippen LogP contribution in [0.15, 0.2) is 64.2 Å². The van der Waals surface area contributed by atoms with Crippen LogP contribution in [0.25, 0.3) is 12.2 Å². The summed E-state index contributed by atoms with van der Waals surface area (Å²) in [6.07, 6.45) is 3.18. The highest BCUT2D eigenvalue weighted by Gasteiger charge is 1.98. The summed E-state index contributed by atoms with van der Waals surface area (Å²) >= 11 is 0. The molecule has 1 aromatic heterocycles. The molecule has 0 fully saturated rings. The van der Waals surface area contributed by atoms with Crippen molar-refractivity contribution in [2.45, 2.75) is 0 Å². The van der Waals surface area contributed by atoms with Gasteiger partial charge in [-0.1, -0.05) is 48.5 Å². The summed E-state index contributed by atoms with van der Waals surface area (Å²) in [5, 5.41) is 0.373. The standard InChI is InChI=1S/C18H15N3O2/c19-14-9-5-4-8-13(14)11-16-18(23)20-15(17(22)21-16)10-12-6-2-1-3-7-12/h1-11H,19H2,(H,20,23)(H,21,22). The van der Waals surface area contributed by atoms with Gasteiger partial charge in [0.15, 0.2) is 0 Å². The molecule has 114 valence electrons. The van der Waals surface area contributed by atoms with Gasteiger partial charge in [-0.2, -0.15) is 0 Å². The number of aromatic amines is 2. The molecule has 1 heterocycles. The van der Waals surface area contributed by atoms with E-state index in [1.165, 1.54) is 0 Å². The summed E-state index contributed by atoms with van der Waals surface area (Å²) in [7, 11) is 0. The second-order valence-electron chi connectivity index (χ2n) is 5.06. The number of benzene rings is 2. The van der Waals surface area contributed by atoms with E-state index in [1.54, 1.807) is 30.4 Å². The summed E-state index contributed by atoms with van der Waals surface area (Å²) in [5.41, 5.74) is 7.14. The number of nitrogens with two attached hydrogens (primary N) is 1. The molecule has 0 atom stereocenters. The molecule has 0 aliphatic carbocycles. The van der Waals surface area contributed by atoms with Gasteiger partial charge < -0.3 is 15.7 Å². The quantitative estimate of drug-likeness (QED) is 0.595. The molecule has 23 heavy (non-hydrogen) atoms. The molecule has 0 saturated carbocycles. The number of para-hydroxylation sites is 1. The predicted molar refractivity (Wildman–Crippen MR) is 91.4 cm³/mol. The molecular weight excluding hydrogens is 290 g/mol. The summed E-state index contributed by atoms with van der Waals surface area (Å²) in [4.78, 5) is 29.5. The van der Waals surface area contributed by atoms with E-state index in [-0.39, 0.29) is 21.8 Å². The van der Waals surface area contributed by atoms with E-state index in [2.05, 4.69) is 9.97 Å². The monoisotopic (exact) mass is 305 g/mol. The highest BCUT2D eigenvalue weighted by molar-refractivity contribution is 5.63. The molecule has 0 radical (unpaired) electrons. The molecule has 0 saturated heterocycles. The second kappa shape index (κ2) is 6.19. The Hall–Kier alpha value is -3.34. The second-order valence-corrected chi connectivity index (χ2v) is 5.06. The van der Waals surface area contributed by atoms with Crippen molar-refractivity contribution in [3.05, 3.63) is 97.1 Å². The minimum Gasteiger partial charge on any atom is -0.398 e. The smallest absolute Gasteiger partial charge is 0.272 e. The van der Waals surface area contributed by atoms with Crippen LogP contribution in [-0.4, -0.2) is 9.97 Å². The number of hydrogen-bond acceptors (Lipinski definition) is 3. The lowest BCUT2D eigenvalue weighted by atomic mass is 10.1. The largest absolute Gasteiger partial charge is 0.398 e. The molecule has 0 aliphatic heterocycles. The molecule has 0 aliphatic rings. The van der Waals surface area contributed by atoms with Crippen molar-refractivity contribution in [1.29, 1.82) is 0 Å². The minimum atomic E-state index is -0.380. The van der Waals surface area contributed by atoms with Gasteiger partial charge in [0.25, 0.3) is 11.1 Å². The lowest BCUT2D eigenvalue weighted by Crippen LogP contribution is -2.46. The Labute approximate surface area is 131 Å². The van der Waals surface area contributed by atoms with Gasteiger partial charge in [0, 0.05) is 5.69 Å². The minimum absolute atomic E-state index is 0.165. The first-order chi connectivity index (χ1) is 11.1. The highest BCUT2D eigenvalue weighted by Crippen LogP contribution is 2.09. The van der Waals surface area contributed by atoms with Crippen molar-refractivity contribution in [2.24, 2.45) is 0 Å². The summed E-state index contributed by atoms with van der Waals surface area (Å²) in [6.45, 7) is 0. The van der Waals surface area contributed by atoms with Crippen LogP contribution in [-0.2, 0) is 0 Å². The molecule has 0 unspecified atom stereocenters. The van der Waals surface area contributed by atoms with Gasteiger partial charge in [0.05, 0.1) is 0 Å². The van der Waals surface area contributed by atoms with Crippen LogP contribution in [0.4, 0.5) is 5.69 Å². The van der Waals surface area contributed by atoms with Crippen molar-refractivity contribution in [3.63, 3.8) is 0 Å². The number of H-pyrrole nitrogens is 2. The molecular formula is C18H15N3O2. The number of aromatic nitrogens is 2. The van der Waals surface area contributed by atoms with E-state index in [0.717, 1.165) is 5.56 Å². The average molecular weight is 305 g/mol. The van der Waals surface area contributed by atoms with Crippen LogP contribution in [0.1, 0.15) is 11.1 Å². The third-order valence-electron chi connectivity index (χ3n) is 3.39. The number of nitrogens with one attached hydrogen (secondary N) is 2. The van der Waals surface area contributed by atoms with Gasteiger partial charge in [-0.15, -0.1) is 0 Å². The first-order valence-electron chi connectivity index (χ1n) is 7.09. The van der Waals surface area contributed by atoms with E-state index in [1.807, 2.05) is 36.4 Å². The average Bonchev–Trinajstić information content (AvgIpc) is 2.55. The zero-order valence-electron chi connectivity index (χ0n) is 12.2. The molecule has 2 aromatic carbocycles. The predicted octanol–water partition coefficient (Wildman–Crippen LogP) is 0.303. The Kier molecular flexibility index (Phi) is 3.93. The Morgan fingerprint density at radius 3 is 1.96 bits per heavy atom. The number of anilines is 1. The summed E-state index contributed by atoms with van der Waals surface area (Å²) in [6, 6.07) is 16.4. The fraction of sp³-hybridized carbons (Fsp3) is 0. The lowest BCUT2D eigenvalue weighted by molar-refractivity contribution is 1.00. The van der Waals surface area contributed by atoms with Crippen molar-refractivity contribution in [2.75, 3.05) is 5.73 Å². The molecule has 4 N–H and O–H groups in total. The van der Waals surface area contributed by atoms with Gasteiger partial charge in [0.2, 0.25) is 0 Å². The maximum absolute atomic E-state index is 12.2. The molecule has 5 nitrogen and oxygen atoms in total. The first-order valence-corrected chi connectivity index (χ1v) is 7.09. The van der Waals surface area contributed by atoms with Gasteiger partial charge in [0.1, 0.15) is 10.7 Å². The van der Waals surface area contributed by atoms with Crippen LogP contribution in [0.5, 0.6) is 0 Å². The molecule has 0 bridgehead atoms. The normalized spacial score (nSPS) is 12.5. The SMILES string of the molecule is Nc1ccccc1C=c1[nH]c(=O)c(=Cc2ccccc2)[nH]c1=O. The van der Waals surface area contributed by atoms with Crippen LogP contribution < -0.4 is 27.6 Å². The van der Waals surface area contributed by atoms with Gasteiger partial charge in [-0.3, -0.25) is 9.59 Å². The van der Waals surface area contributed by atoms with Gasteiger partial charge in [-0.05, 0) is 29.3 Å². The molecule has 3 aromatic rings.